The van der Waals surface area contributed by atoms with Crippen LogP contribution < -0.4 is 16.4 Å². The first-order valence-electron chi connectivity index (χ1n) is 12.1. The highest BCUT2D eigenvalue weighted by molar-refractivity contribution is 6.07. The van der Waals surface area contributed by atoms with Crippen LogP contribution in [0.15, 0.2) is 42.0 Å². The number of anilines is 2. The fourth-order valence-electron chi connectivity index (χ4n) is 3.62. The number of carbonyl (C=O) groups is 1. The van der Waals surface area contributed by atoms with Crippen LogP contribution in [0.2, 0.25) is 0 Å². The molecule has 39 heavy (non-hydrogen) atoms. The van der Waals surface area contributed by atoms with Gasteiger partial charge in [-0.3, -0.25) is 14.4 Å². The molecule has 4 N–H and O–H groups in total. The third-order valence-electron chi connectivity index (χ3n) is 5.84. The van der Waals surface area contributed by atoms with Gasteiger partial charge in [-0.15, -0.1) is 0 Å². The number of aliphatic imine (C=N–C) groups is 1. The van der Waals surface area contributed by atoms with Crippen LogP contribution in [0.3, 0.4) is 0 Å². The van der Waals surface area contributed by atoms with Gasteiger partial charge in [-0.25, -0.2) is 29.9 Å². The predicted octanol–water partition coefficient (Wildman–Crippen LogP) is 2.10. The number of nitrogens with zero attached hydrogens (tertiary/aromatic N) is 8. The quantitative estimate of drug-likeness (QED) is 0.254. The minimum absolute atomic E-state index is 0.246. The SMILES string of the molecule is CN=C(C)c1c(N)nc(C)nc1-c1cc(C#Cc2cnc(-n3cnc(C)c3)nc2)nc(NC(=O)C(C)NC)c1. The van der Waals surface area contributed by atoms with Crippen LogP contribution in [0, 0.1) is 25.7 Å². The largest absolute Gasteiger partial charge is 0.383 e. The summed E-state index contributed by atoms with van der Waals surface area (Å²) in [5.74, 6) is 7.46. The minimum Gasteiger partial charge on any atom is -0.383 e. The van der Waals surface area contributed by atoms with E-state index in [1.165, 1.54) is 0 Å². The van der Waals surface area contributed by atoms with Crippen molar-refractivity contribution in [3.05, 3.63) is 65.4 Å². The monoisotopic (exact) mass is 523 g/mol. The summed E-state index contributed by atoms with van der Waals surface area (Å²) in [5, 5.41) is 5.76. The number of nitrogens with one attached hydrogen (secondary N) is 2. The number of amides is 1. The average molecular weight is 524 g/mol. The topological polar surface area (TPSA) is 162 Å². The van der Waals surface area contributed by atoms with Crippen molar-refractivity contribution in [2.45, 2.75) is 33.7 Å². The number of nitrogen functional groups attached to an aromatic ring is 1. The van der Waals surface area contributed by atoms with Gasteiger partial charge in [0.1, 0.15) is 29.5 Å². The molecule has 0 aliphatic rings. The van der Waals surface area contributed by atoms with Crippen molar-refractivity contribution in [1.29, 1.82) is 0 Å². The third-order valence-corrected chi connectivity index (χ3v) is 5.84. The van der Waals surface area contributed by atoms with Gasteiger partial charge in [0.2, 0.25) is 11.9 Å². The molecule has 1 amide bonds. The second-order valence-electron chi connectivity index (χ2n) is 8.76. The minimum atomic E-state index is -0.429. The number of carbonyl (C=O) groups excluding carboxylic acids is 1. The molecule has 0 spiro atoms. The van der Waals surface area contributed by atoms with Crippen molar-refractivity contribution in [2.75, 3.05) is 25.1 Å². The number of imidazole rings is 1. The molecule has 4 rings (SSSR count). The van der Waals surface area contributed by atoms with Gasteiger partial charge in [-0.2, -0.15) is 0 Å². The van der Waals surface area contributed by atoms with Crippen LogP contribution in [0.5, 0.6) is 0 Å². The van der Waals surface area contributed by atoms with Crippen LogP contribution >= 0.6 is 0 Å². The van der Waals surface area contributed by atoms with Crippen molar-refractivity contribution >= 4 is 23.3 Å². The Morgan fingerprint density at radius 3 is 2.49 bits per heavy atom. The van der Waals surface area contributed by atoms with Crippen molar-refractivity contribution in [2.24, 2.45) is 4.99 Å². The number of aryl methyl sites for hydroxylation is 2. The van der Waals surface area contributed by atoms with Crippen LogP contribution in [0.4, 0.5) is 11.6 Å². The van der Waals surface area contributed by atoms with Gasteiger partial charge in [0.05, 0.1) is 28.6 Å². The lowest BCUT2D eigenvalue weighted by Gasteiger charge is -2.14. The highest BCUT2D eigenvalue weighted by atomic mass is 16.2. The summed E-state index contributed by atoms with van der Waals surface area (Å²) in [6, 6.07) is 3.08. The molecule has 1 unspecified atom stereocenters. The van der Waals surface area contributed by atoms with Gasteiger partial charge in [0.25, 0.3) is 0 Å². The summed E-state index contributed by atoms with van der Waals surface area (Å²) < 4.78 is 1.73. The molecule has 0 saturated carbocycles. The number of likely N-dealkylation sites (N-methyl/N-ethyl adjacent to an activating group) is 1. The molecule has 1 atom stereocenters. The molecule has 4 heterocycles. The van der Waals surface area contributed by atoms with E-state index >= 15 is 0 Å². The summed E-state index contributed by atoms with van der Waals surface area (Å²) in [6.07, 6.45) is 6.73. The molecule has 0 bridgehead atoms. The summed E-state index contributed by atoms with van der Waals surface area (Å²) in [7, 11) is 3.38. The fourth-order valence-corrected chi connectivity index (χ4v) is 3.62. The van der Waals surface area contributed by atoms with E-state index in [2.05, 4.69) is 57.4 Å². The number of nitrogens with two attached hydrogens (primary N) is 1. The van der Waals surface area contributed by atoms with Gasteiger partial charge in [0.15, 0.2) is 0 Å². The van der Waals surface area contributed by atoms with Gasteiger partial charge in [-0.1, -0.05) is 5.92 Å². The highest BCUT2D eigenvalue weighted by Gasteiger charge is 2.18. The lowest BCUT2D eigenvalue weighted by molar-refractivity contribution is -0.117. The van der Waals surface area contributed by atoms with Gasteiger partial charge in [-0.05, 0) is 52.8 Å². The van der Waals surface area contributed by atoms with E-state index in [-0.39, 0.29) is 5.91 Å². The number of pyridine rings is 1. The Labute approximate surface area is 226 Å². The van der Waals surface area contributed by atoms with Crippen LogP contribution in [0.25, 0.3) is 17.2 Å². The maximum atomic E-state index is 12.6. The van der Waals surface area contributed by atoms with Crippen molar-refractivity contribution in [3.63, 3.8) is 0 Å². The first-order valence-corrected chi connectivity index (χ1v) is 12.1. The Kier molecular flexibility index (Phi) is 8.02. The number of hydrogen-bond donors (Lipinski definition) is 3. The number of hydrogen-bond acceptors (Lipinski definition) is 10. The molecule has 12 heteroatoms. The standard InChI is InChI=1S/C27H29N11O/c1-15-13-38(14-33-15)27-31-11-19(12-32-27)7-8-21-9-20(10-22(36-21)37-26(39)17(3)30-6)24-23(16(2)29-5)25(28)35-18(4)34-24/h9-14,17,30H,1-6H3,(H2,28,34,35)(H,36,37,39). The van der Waals surface area contributed by atoms with E-state index in [9.17, 15) is 4.79 Å². The summed E-state index contributed by atoms with van der Waals surface area (Å²) >= 11 is 0. The fraction of sp³-hybridized carbons (Fsp3) is 0.259. The Balaban J connectivity index is 1.78. The maximum absolute atomic E-state index is 12.6. The third kappa shape index (κ3) is 6.28. The van der Waals surface area contributed by atoms with Crippen LogP contribution in [-0.2, 0) is 4.79 Å². The Morgan fingerprint density at radius 2 is 1.85 bits per heavy atom. The lowest BCUT2D eigenvalue weighted by atomic mass is 10.0. The van der Waals surface area contributed by atoms with E-state index in [1.54, 1.807) is 63.4 Å². The first-order chi connectivity index (χ1) is 18.7. The van der Waals surface area contributed by atoms with E-state index < -0.39 is 6.04 Å². The molecule has 12 nitrogen and oxygen atoms in total. The molecule has 0 saturated heterocycles. The normalized spacial score (nSPS) is 12.0. The number of aromatic nitrogens is 7. The molecular weight excluding hydrogens is 494 g/mol. The molecule has 0 aliphatic heterocycles. The summed E-state index contributed by atoms with van der Waals surface area (Å²) in [4.78, 5) is 43.3. The molecule has 0 radical (unpaired) electrons. The molecule has 4 aromatic heterocycles. The number of rotatable bonds is 6. The molecular formula is C27H29N11O. The lowest BCUT2D eigenvalue weighted by Crippen LogP contribution is -2.35. The Bertz CT molecular complexity index is 1610. The zero-order valence-corrected chi connectivity index (χ0v) is 22.6. The van der Waals surface area contributed by atoms with Gasteiger partial charge >= 0.3 is 0 Å². The maximum Gasteiger partial charge on any atom is 0.242 e. The summed E-state index contributed by atoms with van der Waals surface area (Å²) in [5.41, 5.74) is 10.6. The van der Waals surface area contributed by atoms with E-state index in [1.807, 2.05) is 20.0 Å². The van der Waals surface area contributed by atoms with Crippen molar-refractivity contribution in [3.8, 4) is 29.0 Å². The molecule has 0 fully saturated rings. The second-order valence-corrected chi connectivity index (χ2v) is 8.76. The van der Waals surface area contributed by atoms with Crippen molar-refractivity contribution < 1.29 is 4.79 Å². The Morgan fingerprint density at radius 1 is 1.10 bits per heavy atom. The Hall–Kier alpha value is -5.02. The van der Waals surface area contributed by atoms with Gasteiger partial charge < -0.3 is 16.4 Å². The van der Waals surface area contributed by atoms with E-state index in [0.717, 1.165) is 5.69 Å². The highest BCUT2D eigenvalue weighted by Crippen LogP contribution is 2.28. The molecule has 4 aromatic rings. The van der Waals surface area contributed by atoms with E-state index in [4.69, 9.17) is 5.73 Å². The molecule has 198 valence electrons. The predicted molar refractivity (Wildman–Crippen MR) is 150 cm³/mol. The summed E-state index contributed by atoms with van der Waals surface area (Å²) in [6.45, 7) is 7.24. The molecule has 0 aromatic carbocycles. The van der Waals surface area contributed by atoms with Gasteiger partial charge in [0, 0.05) is 36.9 Å². The van der Waals surface area contributed by atoms with Crippen molar-refractivity contribution in [1.82, 2.24) is 39.8 Å². The molecule has 0 aliphatic carbocycles. The average Bonchev–Trinajstić information content (AvgIpc) is 3.36. The van der Waals surface area contributed by atoms with Crippen LogP contribution in [0.1, 0.15) is 42.2 Å². The zero-order valence-electron chi connectivity index (χ0n) is 22.6. The van der Waals surface area contributed by atoms with E-state index in [0.29, 0.717) is 57.2 Å². The second kappa shape index (κ2) is 11.6. The first kappa shape index (κ1) is 27.0. The van der Waals surface area contributed by atoms with Crippen LogP contribution in [-0.4, -0.2) is 66.2 Å². The zero-order chi connectivity index (χ0) is 28.1. The smallest absolute Gasteiger partial charge is 0.242 e.